The quantitative estimate of drug-likeness (QED) is 0.788. The van der Waals surface area contributed by atoms with E-state index in [1.807, 2.05) is 20.8 Å². The van der Waals surface area contributed by atoms with Gasteiger partial charge in [-0.05, 0) is 26.8 Å². The molecular weight excluding hydrogens is 246 g/mol. The van der Waals surface area contributed by atoms with Crippen molar-refractivity contribution in [2.45, 2.75) is 32.9 Å². The third-order valence-electron chi connectivity index (χ3n) is 2.12. The first-order valence-electron chi connectivity index (χ1n) is 6.15. The molecule has 1 aromatic rings. The summed E-state index contributed by atoms with van der Waals surface area (Å²) < 4.78 is 10.6. The minimum atomic E-state index is -0.499. The smallest absolute Gasteiger partial charge is 0.407 e. The molecule has 0 spiro atoms. The first kappa shape index (κ1) is 15.2. The number of nitrogens with one attached hydrogen (secondary N) is 1. The van der Waals surface area contributed by atoms with E-state index in [1.165, 1.54) is 0 Å². The van der Waals surface area contributed by atoms with E-state index in [4.69, 9.17) is 15.2 Å². The number of aromatic nitrogens is 1. The van der Waals surface area contributed by atoms with Gasteiger partial charge in [0.15, 0.2) is 0 Å². The van der Waals surface area contributed by atoms with Gasteiger partial charge in [-0.3, -0.25) is 4.98 Å². The van der Waals surface area contributed by atoms with Gasteiger partial charge in [-0.15, -0.1) is 0 Å². The monoisotopic (exact) mass is 267 g/mol. The maximum atomic E-state index is 11.4. The second kappa shape index (κ2) is 6.94. The summed E-state index contributed by atoms with van der Waals surface area (Å²) >= 11 is 0. The molecule has 19 heavy (non-hydrogen) atoms. The Morgan fingerprint density at radius 2 is 2.21 bits per heavy atom. The van der Waals surface area contributed by atoms with Gasteiger partial charge in [0.2, 0.25) is 0 Å². The number of alkyl carbamates (subject to hydrolysis) is 1. The first-order chi connectivity index (χ1) is 8.92. The number of nitrogens with zero attached hydrogens (tertiary/aromatic N) is 1. The molecule has 0 aliphatic carbocycles. The molecule has 6 heteroatoms. The molecule has 0 aliphatic rings. The SMILES string of the molecule is CC(C)(C)OC(=O)NCCOc1cnccc1CN. The zero-order chi connectivity index (χ0) is 14.3. The van der Waals surface area contributed by atoms with Crippen molar-refractivity contribution < 1.29 is 14.3 Å². The number of ether oxygens (including phenoxy) is 2. The van der Waals surface area contributed by atoms with E-state index in [-0.39, 0.29) is 0 Å². The molecule has 1 aromatic heterocycles. The fourth-order valence-corrected chi connectivity index (χ4v) is 1.34. The fourth-order valence-electron chi connectivity index (χ4n) is 1.34. The number of rotatable bonds is 5. The Labute approximate surface area is 113 Å². The van der Waals surface area contributed by atoms with Gasteiger partial charge in [-0.25, -0.2) is 4.79 Å². The predicted octanol–water partition coefficient (Wildman–Crippen LogP) is 1.44. The van der Waals surface area contributed by atoms with Crippen molar-refractivity contribution >= 4 is 6.09 Å². The Bertz CT molecular complexity index is 416. The maximum Gasteiger partial charge on any atom is 0.407 e. The largest absolute Gasteiger partial charge is 0.490 e. The number of nitrogens with two attached hydrogens (primary N) is 1. The van der Waals surface area contributed by atoms with E-state index in [0.717, 1.165) is 5.56 Å². The van der Waals surface area contributed by atoms with Crippen LogP contribution in [0.5, 0.6) is 5.75 Å². The van der Waals surface area contributed by atoms with Crippen molar-refractivity contribution in [1.29, 1.82) is 0 Å². The van der Waals surface area contributed by atoms with E-state index in [0.29, 0.717) is 25.4 Å². The summed E-state index contributed by atoms with van der Waals surface area (Å²) in [5.74, 6) is 0.635. The van der Waals surface area contributed by atoms with E-state index in [1.54, 1.807) is 18.5 Å². The topological polar surface area (TPSA) is 86.5 Å². The Morgan fingerprint density at radius 1 is 1.47 bits per heavy atom. The summed E-state index contributed by atoms with van der Waals surface area (Å²) in [5, 5.41) is 2.61. The van der Waals surface area contributed by atoms with Crippen molar-refractivity contribution in [3.8, 4) is 5.75 Å². The minimum absolute atomic E-state index is 0.331. The number of pyridine rings is 1. The molecule has 1 heterocycles. The van der Waals surface area contributed by atoms with Gasteiger partial charge in [0.25, 0.3) is 0 Å². The molecule has 0 aliphatic heterocycles. The van der Waals surface area contributed by atoms with Crippen LogP contribution in [0.3, 0.4) is 0 Å². The van der Waals surface area contributed by atoms with E-state index >= 15 is 0 Å². The van der Waals surface area contributed by atoms with Crippen LogP contribution in [0.4, 0.5) is 4.79 Å². The predicted molar refractivity (Wildman–Crippen MR) is 71.9 cm³/mol. The second-order valence-corrected chi connectivity index (χ2v) is 4.96. The molecule has 0 radical (unpaired) electrons. The molecule has 106 valence electrons. The average molecular weight is 267 g/mol. The second-order valence-electron chi connectivity index (χ2n) is 4.96. The van der Waals surface area contributed by atoms with Crippen LogP contribution in [0, 0.1) is 0 Å². The lowest BCUT2D eigenvalue weighted by Crippen LogP contribution is -2.34. The molecule has 1 rings (SSSR count). The highest BCUT2D eigenvalue weighted by Gasteiger charge is 2.15. The number of carbonyl (C=O) groups excluding carboxylic acids is 1. The van der Waals surface area contributed by atoms with E-state index in [9.17, 15) is 4.79 Å². The van der Waals surface area contributed by atoms with Crippen LogP contribution < -0.4 is 15.8 Å². The van der Waals surface area contributed by atoms with Crippen LogP contribution in [0.15, 0.2) is 18.5 Å². The number of carbonyl (C=O) groups is 1. The lowest BCUT2D eigenvalue weighted by atomic mass is 10.2. The molecule has 0 unspecified atom stereocenters. The molecule has 1 amide bonds. The number of amides is 1. The highest BCUT2D eigenvalue weighted by atomic mass is 16.6. The number of hydrogen-bond donors (Lipinski definition) is 2. The van der Waals surface area contributed by atoms with Gasteiger partial charge in [-0.2, -0.15) is 0 Å². The lowest BCUT2D eigenvalue weighted by molar-refractivity contribution is 0.0520. The van der Waals surface area contributed by atoms with Crippen LogP contribution in [0.25, 0.3) is 0 Å². The van der Waals surface area contributed by atoms with Crippen LogP contribution >= 0.6 is 0 Å². The molecular formula is C13H21N3O3. The molecule has 0 saturated carbocycles. The highest BCUT2D eigenvalue weighted by Crippen LogP contribution is 2.14. The summed E-state index contributed by atoms with van der Waals surface area (Å²) in [5.41, 5.74) is 5.96. The lowest BCUT2D eigenvalue weighted by Gasteiger charge is -2.19. The summed E-state index contributed by atoms with van der Waals surface area (Å²) in [6.45, 7) is 6.51. The van der Waals surface area contributed by atoms with Gasteiger partial charge < -0.3 is 20.5 Å². The zero-order valence-corrected chi connectivity index (χ0v) is 11.6. The van der Waals surface area contributed by atoms with E-state index < -0.39 is 11.7 Å². The van der Waals surface area contributed by atoms with Gasteiger partial charge in [0.05, 0.1) is 12.7 Å². The summed E-state index contributed by atoms with van der Waals surface area (Å²) in [4.78, 5) is 15.3. The van der Waals surface area contributed by atoms with Crippen molar-refractivity contribution in [1.82, 2.24) is 10.3 Å². The average Bonchev–Trinajstić information content (AvgIpc) is 2.33. The van der Waals surface area contributed by atoms with Crippen molar-refractivity contribution in [3.05, 3.63) is 24.0 Å². The summed E-state index contributed by atoms with van der Waals surface area (Å²) in [6, 6.07) is 1.80. The van der Waals surface area contributed by atoms with Crippen molar-refractivity contribution in [3.63, 3.8) is 0 Å². The van der Waals surface area contributed by atoms with Crippen molar-refractivity contribution in [2.24, 2.45) is 5.73 Å². The highest BCUT2D eigenvalue weighted by molar-refractivity contribution is 5.67. The maximum absolute atomic E-state index is 11.4. The zero-order valence-electron chi connectivity index (χ0n) is 11.6. The molecule has 3 N–H and O–H groups in total. The van der Waals surface area contributed by atoms with Crippen molar-refractivity contribution in [2.75, 3.05) is 13.2 Å². The summed E-state index contributed by atoms with van der Waals surface area (Å²) in [6.07, 6.45) is 2.81. The summed E-state index contributed by atoms with van der Waals surface area (Å²) in [7, 11) is 0. The Kier molecular flexibility index (Phi) is 5.57. The molecule has 6 nitrogen and oxygen atoms in total. The van der Waals surface area contributed by atoms with Crippen LogP contribution in [0.2, 0.25) is 0 Å². The van der Waals surface area contributed by atoms with Gasteiger partial charge in [0.1, 0.15) is 18.0 Å². The third-order valence-corrected chi connectivity index (χ3v) is 2.12. The Hall–Kier alpha value is -1.82. The third kappa shape index (κ3) is 6.05. The van der Waals surface area contributed by atoms with Crippen LogP contribution in [-0.2, 0) is 11.3 Å². The number of hydrogen-bond acceptors (Lipinski definition) is 5. The van der Waals surface area contributed by atoms with Gasteiger partial charge >= 0.3 is 6.09 Å². The van der Waals surface area contributed by atoms with Gasteiger partial charge in [-0.1, -0.05) is 0 Å². The van der Waals surface area contributed by atoms with Gasteiger partial charge in [0, 0.05) is 18.3 Å². The molecule has 0 saturated heterocycles. The first-order valence-corrected chi connectivity index (χ1v) is 6.15. The minimum Gasteiger partial charge on any atom is -0.490 e. The van der Waals surface area contributed by atoms with Crippen LogP contribution in [-0.4, -0.2) is 29.8 Å². The van der Waals surface area contributed by atoms with Crippen LogP contribution in [0.1, 0.15) is 26.3 Å². The Morgan fingerprint density at radius 3 is 2.84 bits per heavy atom. The molecule has 0 aromatic carbocycles. The Balaban J connectivity index is 2.29. The molecule has 0 fully saturated rings. The fraction of sp³-hybridized carbons (Fsp3) is 0.538. The normalized spacial score (nSPS) is 10.9. The molecule has 0 atom stereocenters. The standard InChI is InChI=1S/C13H21N3O3/c1-13(2,3)19-12(17)16-6-7-18-11-9-15-5-4-10(11)8-14/h4-5,9H,6-8,14H2,1-3H3,(H,16,17). The van der Waals surface area contributed by atoms with E-state index in [2.05, 4.69) is 10.3 Å². The molecule has 0 bridgehead atoms.